The first-order valence-electron chi connectivity index (χ1n) is 5.14. The van der Waals surface area contributed by atoms with Gasteiger partial charge in [-0.2, -0.15) is 0 Å². The van der Waals surface area contributed by atoms with Gasteiger partial charge >= 0.3 is 0 Å². The molecule has 0 aromatic carbocycles. The molecule has 0 saturated heterocycles. The van der Waals surface area contributed by atoms with Gasteiger partial charge in [-0.15, -0.1) is 0 Å². The third kappa shape index (κ3) is 9.96. The first-order chi connectivity index (χ1) is 5.56. The fourth-order valence-electron chi connectivity index (χ4n) is 1.18. The van der Waals surface area contributed by atoms with E-state index in [9.17, 15) is 0 Å². The van der Waals surface area contributed by atoms with Crippen LogP contribution in [-0.4, -0.2) is 13.2 Å². The van der Waals surface area contributed by atoms with E-state index in [0.717, 1.165) is 13.2 Å². The van der Waals surface area contributed by atoms with Crippen LogP contribution in [-0.2, 0) is 4.74 Å². The lowest BCUT2D eigenvalue weighted by Gasteiger charge is -2.17. The maximum absolute atomic E-state index is 5.27. The molecule has 0 saturated carbocycles. The molecule has 0 amide bonds. The van der Waals surface area contributed by atoms with Gasteiger partial charge < -0.3 is 4.74 Å². The zero-order chi connectivity index (χ0) is 9.45. The molecule has 0 aliphatic heterocycles. The summed E-state index contributed by atoms with van der Waals surface area (Å²) < 4.78 is 5.27. The van der Waals surface area contributed by atoms with E-state index in [1.165, 1.54) is 25.7 Å². The fourth-order valence-corrected chi connectivity index (χ4v) is 1.18. The van der Waals surface area contributed by atoms with Gasteiger partial charge in [0.15, 0.2) is 0 Å². The highest BCUT2D eigenvalue weighted by molar-refractivity contribution is 4.60. The summed E-state index contributed by atoms with van der Waals surface area (Å²) in [4.78, 5) is 0. The van der Waals surface area contributed by atoms with E-state index in [-0.39, 0.29) is 0 Å². The quantitative estimate of drug-likeness (QED) is 0.556. The Balaban J connectivity index is 3.01. The molecule has 74 valence electrons. The molecule has 0 fully saturated rings. The van der Waals surface area contributed by atoms with Gasteiger partial charge in [0.2, 0.25) is 0 Å². The van der Waals surface area contributed by atoms with Gasteiger partial charge in [0.25, 0.3) is 0 Å². The summed E-state index contributed by atoms with van der Waals surface area (Å²) in [5.41, 5.74) is 0.506. The summed E-state index contributed by atoms with van der Waals surface area (Å²) in [6, 6.07) is 0. The molecule has 0 aliphatic carbocycles. The lowest BCUT2D eigenvalue weighted by atomic mass is 9.89. The maximum Gasteiger partial charge on any atom is 0.0465 e. The number of rotatable bonds is 6. The van der Waals surface area contributed by atoms with Crippen LogP contribution < -0.4 is 0 Å². The van der Waals surface area contributed by atoms with Crippen LogP contribution in [0.5, 0.6) is 0 Å². The Morgan fingerprint density at radius 2 is 1.67 bits per heavy atom. The molecule has 0 bridgehead atoms. The van der Waals surface area contributed by atoms with Gasteiger partial charge in [0, 0.05) is 13.2 Å². The minimum absolute atomic E-state index is 0.506. The molecule has 0 aromatic rings. The first kappa shape index (κ1) is 12.0. The van der Waals surface area contributed by atoms with Crippen molar-refractivity contribution >= 4 is 0 Å². The molecule has 1 heteroatoms. The highest BCUT2D eigenvalue weighted by Crippen LogP contribution is 2.21. The van der Waals surface area contributed by atoms with E-state index < -0.39 is 0 Å². The standard InChI is InChI=1S/C11H24O/c1-5-12-10-8-6-7-9-11(2,3)4/h5-10H2,1-4H3. The molecule has 0 atom stereocenters. The molecule has 0 radical (unpaired) electrons. The van der Waals surface area contributed by atoms with Crippen molar-refractivity contribution in [2.45, 2.75) is 53.4 Å². The molecule has 0 rings (SSSR count). The SMILES string of the molecule is CCOCCCCCC(C)(C)C. The third-order valence-electron chi connectivity index (χ3n) is 1.92. The molecule has 0 spiro atoms. The third-order valence-corrected chi connectivity index (χ3v) is 1.92. The average molecular weight is 172 g/mol. The van der Waals surface area contributed by atoms with E-state index in [4.69, 9.17) is 4.74 Å². The largest absolute Gasteiger partial charge is 0.382 e. The summed E-state index contributed by atoms with van der Waals surface area (Å²) in [6.07, 6.45) is 5.22. The van der Waals surface area contributed by atoms with E-state index in [1.54, 1.807) is 0 Å². The van der Waals surface area contributed by atoms with Crippen LogP contribution in [0.1, 0.15) is 53.4 Å². The molecule has 0 unspecified atom stereocenters. The second-order valence-corrected chi connectivity index (χ2v) is 4.57. The number of hydrogen-bond donors (Lipinski definition) is 0. The lowest BCUT2D eigenvalue weighted by molar-refractivity contribution is 0.142. The van der Waals surface area contributed by atoms with Gasteiger partial charge in [-0.05, 0) is 25.2 Å². The lowest BCUT2D eigenvalue weighted by Crippen LogP contribution is -2.04. The average Bonchev–Trinajstić information content (AvgIpc) is 1.94. The van der Waals surface area contributed by atoms with Crippen molar-refractivity contribution in [3.05, 3.63) is 0 Å². The van der Waals surface area contributed by atoms with Crippen LogP contribution in [0.4, 0.5) is 0 Å². The maximum atomic E-state index is 5.27. The second-order valence-electron chi connectivity index (χ2n) is 4.57. The van der Waals surface area contributed by atoms with Crippen molar-refractivity contribution in [1.82, 2.24) is 0 Å². The predicted molar refractivity (Wildman–Crippen MR) is 54.4 cm³/mol. The normalized spacial score (nSPS) is 12.0. The second kappa shape index (κ2) is 6.47. The number of ether oxygens (including phenoxy) is 1. The highest BCUT2D eigenvalue weighted by Gasteiger charge is 2.08. The van der Waals surface area contributed by atoms with Crippen LogP contribution in [0, 0.1) is 5.41 Å². The van der Waals surface area contributed by atoms with E-state index in [2.05, 4.69) is 27.7 Å². The van der Waals surface area contributed by atoms with Crippen molar-refractivity contribution in [1.29, 1.82) is 0 Å². The summed E-state index contributed by atoms with van der Waals surface area (Å²) in [7, 11) is 0. The van der Waals surface area contributed by atoms with Crippen LogP contribution in [0.25, 0.3) is 0 Å². The summed E-state index contributed by atoms with van der Waals surface area (Å²) in [5.74, 6) is 0. The molecular formula is C11H24O. The summed E-state index contributed by atoms with van der Waals surface area (Å²) in [5, 5.41) is 0. The van der Waals surface area contributed by atoms with E-state index in [1.807, 2.05) is 0 Å². The Morgan fingerprint density at radius 3 is 2.17 bits per heavy atom. The van der Waals surface area contributed by atoms with Crippen molar-refractivity contribution < 1.29 is 4.74 Å². The summed E-state index contributed by atoms with van der Waals surface area (Å²) >= 11 is 0. The van der Waals surface area contributed by atoms with Gasteiger partial charge in [0.05, 0.1) is 0 Å². The molecule has 0 N–H and O–H groups in total. The summed E-state index contributed by atoms with van der Waals surface area (Å²) in [6.45, 7) is 10.8. The zero-order valence-electron chi connectivity index (χ0n) is 9.15. The van der Waals surface area contributed by atoms with E-state index in [0.29, 0.717) is 5.41 Å². The van der Waals surface area contributed by atoms with Crippen LogP contribution in [0.15, 0.2) is 0 Å². The molecule has 0 aliphatic rings. The van der Waals surface area contributed by atoms with Crippen molar-refractivity contribution in [3.63, 3.8) is 0 Å². The highest BCUT2D eigenvalue weighted by atomic mass is 16.5. The topological polar surface area (TPSA) is 9.23 Å². The molecule has 1 nitrogen and oxygen atoms in total. The Hall–Kier alpha value is -0.0400. The molecule has 12 heavy (non-hydrogen) atoms. The van der Waals surface area contributed by atoms with Gasteiger partial charge in [-0.1, -0.05) is 33.6 Å². The van der Waals surface area contributed by atoms with Gasteiger partial charge in [-0.25, -0.2) is 0 Å². The van der Waals surface area contributed by atoms with E-state index >= 15 is 0 Å². The zero-order valence-corrected chi connectivity index (χ0v) is 9.15. The van der Waals surface area contributed by atoms with Crippen molar-refractivity contribution in [2.75, 3.05) is 13.2 Å². The minimum atomic E-state index is 0.506. The molecule has 0 aromatic heterocycles. The first-order valence-corrected chi connectivity index (χ1v) is 5.14. The van der Waals surface area contributed by atoms with Gasteiger partial charge in [-0.3, -0.25) is 0 Å². The number of hydrogen-bond acceptors (Lipinski definition) is 1. The molecular weight excluding hydrogens is 148 g/mol. The van der Waals surface area contributed by atoms with Crippen molar-refractivity contribution in [2.24, 2.45) is 5.41 Å². The van der Waals surface area contributed by atoms with Gasteiger partial charge in [0.1, 0.15) is 0 Å². The monoisotopic (exact) mass is 172 g/mol. The minimum Gasteiger partial charge on any atom is -0.382 e. The Labute approximate surface area is 77.5 Å². The van der Waals surface area contributed by atoms with Crippen LogP contribution in [0.2, 0.25) is 0 Å². The number of unbranched alkanes of at least 4 members (excludes halogenated alkanes) is 2. The molecule has 0 heterocycles. The smallest absolute Gasteiger partial charge is 0.0465 e. The Bertz CT molecular complexity index is 91.7. The Morgan fingerprint density at radius 1 is 1.00 bits per heavy atom. The van der Waals surface area contributed by atoms with Crippen molar-refractivity contribution in [3.8, 4) is 0 Å². The fraction of sp³-hybridized carbons (Fsp3) is 1.00. The predicted octanol–water partition coefficient (Wildman–Crippen LogP) is 3.63. The Kier molecular flexibility index (Phi) is 6.45. The van der Waals surface area contributed by atoms with Crippen LogP contribution >= 0.6 is 0 Å². The van der Waals surface area contributed by atoms with Crippen LogP contribution in [0.3, 0.4) is 0 Å².